The predicted octanol–water partition coefficient (Wildman–Crippen LogP) is 3.18. The number of halogens is 1. The first-order chi connectivity index (χ1) is 11.0. The fourth-order valence-corrected chi connectivity index (χ4v) is 2.97. The van der Waals surface area contributed by atoms with Crippen molar-refractivity contribution in [2.75, 3.05) is 0 Å². The second-order valence-corrected chi connectivity index (χ2v) is 7.13. The number of amides is 1. The Hall–Kier alpha value is -1.89. The number of nitrogens with one attached hydrogen (secondary N) is 2. The molecule has 1 fully saturated rings. The van der Waals surface area contributed by atoms with Crippen LogP contribution in [0.1, 0.15) is 50.0 Å². The molecule has 1 saturated carbocycles. The Labute approximate surface area is 138 Å². The Morgan fingerprint density at radius 3 is 2.70 bits per heavy atom. The van der Waals surface area contributed by atoms with E-state index < -0.39 is 0 Å². The number of thioether (sulfide) groups is 1. The predicted molar refractivity (Wildman–Crippen MR) is 86.6 cm³/mol. The molecule has 2 atom stereocenters. The van der Waals surface area contributed by atoms with Gasteiger partial charge in [0.2, 0.25) is 11.1 Å². The number of benzene rings is 1. The Morgan fingerprint density at radius 2 is 2.04 bits per heavy atom. The van der Waals surface area contributed by atoms with Gasteiger partial charge in [0.1, 0.15) is 11.6 Å². The van der Waals surface area contributed by atoms with Crippen LogP contribution in [-0.4, -0.2) is 26.3 Å². The lowest BCUT2D eigenvalue weighted by atomic mass is 10.1. The first-order valence-electron chi connectivity index (χ1n) is 7.67. The van der Waals surface area contributed by atoms with Crippen molar-refractivity contribution in [1.29, 1.82) is 0 Å². The number of hydrogen-bond donors (Lipinski definition) is 2. The van der Waals surface area contributed by atoms with Crippen LogP contribution in [0.25, 0.3) is 0 Å². The van der Waals surface area contributed by atoms with Crippen LogP contribution >= 0.6 is 11.8 Å². The average Bonchev–Trinajstić information content (AvgIpc) is 3.28. The van der Waals surface area contributed by atoms with Crippen LogP contribution in [0.3, 0.4) is 0 Å². The molecule has 3 rings (SSSR count). The summed E-state index contributed by atoms with van der Waals surface area (Å²) in [5, 5.41) is 10.3. The van der Waals surface area contributed by atoms with E-state index >= 15 is 0 Å². The summed E-state index contributed by atoms with van der Waals surface area (Å²) in [5.74, 6) is 1.05. The summed E-state index contributed by atoms with van der Waals surface area (Å²) in [6.45, 7) is 3.70. The molecule has 0 radical (unpaired) electrons. The van der Waals surface area contributed by atoms with Crippen LogP contribution in [-0.2, 0) is 4.79 Å². The maximum atomic E-state index is 12.9. The first-order valence-corrected chi connectivity index (χ1v) is 8.55. The van der Waals surface area contributed by atoms with Crippen molar-refractivity contribution in [3.63, 3.8) is 0 Å². The third-order valence-electron chi connectivity index (χ3n) is 3.83. The summed E-state index contributed by atoms with van der Waals surface area (Å²) < 4.78 is 12.9. The van der Waals surface area contributed by atoms with Crippen LogP contribution in [0.4, 0.5) is 4.39 Å². The Bertz CT molecular complexity index is 684. The van der Waals surface area contributed by atoms with Crippen LogP contribution in [0, 0.1) is 5.82 Å². The van der Waals surface area contributed by atoms with E-state index in [1.807, 2.05) is 13.8 Å². The van der Waals surface area contributed by atoms with E-state index in [1.54, 1.807) is 12.1 Å². The molecule has 0 spiro atoms. The van der Waals surface area contributed by atoms with E-state index in [2.05, 4.69) is 20.5 Å². The monoisotopic (exact) mass is 334 g/mol. The highest BCUT2D eigenvalue weighted by atomic mass is 32.2. The van der Waals surface area contributed by atoms with Gasteiger partial charge in [0.15, 0.2) is 0 Å². The first kappa shape index (κ1) is 16.0. The van der Waals surface area contributed by atoms with E-state index in [1.165, 1.54) is 23.9 Å². The summed E-state index contributed by atoms with van der Waals surface area (Å²) in [5.41, 5.74) is 0.867. The number of hydrogen-bond acceptors (Lipinski definition) is 4. The van der Waals surface area contributed by atoms with Crippen LogP contribution < -0.4 is 5.32 Å². The second-order valence-electron chi connectivity index (χ2n) is 5.82. The lowest BCUT2D eigenvalue weighted by Gasteiger charge is -2.17. The molecule has 1 aliphatic carbocycles. The Balaban J connectivity index is 1.54. The summed E-state index contributed by atoms with van der Waals surface area (Å²) in [4.78, 5) is 16.7. The molecule has 2 N–H and O–H groups in total. The third-order valence-corrected chi connectivity index (χ3v) is 4.79. The molecular weight excluding hydrogens is 315 g/mol. The molecule has 1 aliphatic rings. The number of carbonyl (C=O) groups excluding carboxylic acids is 1. The molecule has 2 aromatic rings. The molecule has 0 aliphatic heterocycles. The van der Waals surface area contributed by atoms with E-state index in [0.717, 1.165) is 24.2 Å². The van der Waals surface area contributed by atoms with Crippen molar-refractivity contribution in [2.24, 2.45) is 0 Å². The highest BCUT2D eigenvalue weighted by Gasteiger charge is 2.28. The molecule has 1 heterocycles. The largest absolute Gasteiger partial charge is 0.349 e. The fraction of sp³-hybridized carbons (Fsp3) is 0.438. The van der Waals surface area contributed by atoms with E-state index in [0.29, 0.717) is 11.1 Å². The van der Waals surface area contributed by atoms with Gasteiger partial charge in [-0.1, -0.05) is 23.9 Å². The van der Waals surface area contributed by atoms with Gasteiger partial charge in [0, 0.05) is 5.92 Å². The van der Waals surface area contributed by atoms with Gasteiger partial charge >= 0.3 is 0 Å². The maximum absolute atomic E-state index is 12.9. The third kappa shape index (κ3) is 4.10. The number of carbonyl (C=O) groups is 1. The van der Waals surface area contributed by atoms with Crippen LogP contribution in [0.2, 0.25) is 0 Å². The average molecular weight is 334 g/mol. The molecule has 5 nitrogen and oxygen atoms in total. The topological polar surface area (TPSA) is 70.7 Å². The molecule has 0 bridgehead atoms. The minimum atomic E-state index is -0.305. The minimum Gasteiger partial charge on any atom is -0.349 e. The number of H-pyrrole nitrogens is 1. The fourth-order valence-electron chi connectivity index (χ4n) is 2.23. The number of rotatable bonds is 6. The summed E-state index contributed by atoms with van der Waals surface area (Å²) >= 11 is 1.33. The van der Waals surface area contributed by atoms with Crippen molar-refractivity contribution in [3.8, 4) is 0 Å². The molecule has 23 heavy (non-hydrogen) atoms. The summed E-state index contributed by atoms with van der Waals surface area (Å²) in [6, 6.07) is 5.96. The van der Waals surface area contributed by atoms with E-state index in [4.69, 9.17) is 0 Å². The van der Waals surface area contributed by atoms with Gasteiger partial charge in [0.05, 0.1) is 11.3 Å². The van der Waals surface area contributed by atoms with E-state index in [9.17, 15) is 9.18 Å². The highest BCUT2D eigenvalue weighted by molar-refractivity contribution is 8.00. The smallest absolute Gasteiger partial charge is 0.233 e. The quantitative estimate of drug-likeness (QED) is 0.796. The van der Waals surface area contributed by atoms with Crippen molar-refractivity contribution in [2.45, 2.75) is 49.1 Å². The van der Waals surface area contributed by atoms with Gasteiger partial charge in [-0.15, -0.1) is 5.10 Å². The Kier molecular flexibility index (Phi) is 4.66. The van der Waals surface area contributed by atoms with Crippen molar-refractivity contribution in [3.05, 3.63) is 41.5 Å². The van der Waals surface area contributed by atoms with Crippen LogP contribution in [0.5, 0.6) is 0 Å². The van der Waals surface area contributed by atoms with Gasteiger partial charge in [0.25, 0.3) is 0 Å². The summed E-state index contributed by atoms with van der Waals surface area (Å²) in [6.07, 6.45) is 2.31. The SMILES string of the molecule is CC(Sc1n[nH]c(C2CC2)n1)C(=O)NC(C)c1ccc(F)cc1. The summed E-state index contributed by atoms with van der Waals surface area (Å²) in [7, 11) is 0. The molecule has 2 unspecified atom stereocenters. The number of aromatic amines is 1. The minimum absolute atomic E-state index is 0.0930. The van der Waals surface area contributed by atoms with Gasteiger partial charge in [-0.2, -0.15) is 0 Å². The van der Waals surface area contributed by atoms with Gasteiger partial charge in [-0.05, 0) is 44.4 Å². The number of aromatic nitrogens is 3. The standard InChI is InChI=1S/C16H19FN4OS/c1-9(11-5-7-13(17)8-6-11)18-15(22)10(2)23-16-19-14(20-21-16)12-3-4-12/h5-10,12H,3-4H2,1-2H3,(H,18,22)(H,19,20,21). The van der Waals surface area contributed by atoms with Crippen molar-refractivity contribution < 1.29 is 9.18 Å². The van der Waals surface area contributed by atoms with Crippen LogP contribution in [0.15, 0.2) is 29.4 Å². The van der Waals surface area contributed by atoms with Crippen molar-refractivity contribution >= 4 is 17.7 Å². The molecule has 1 aromatic carbocycles. The zero-order valence-corrected chi connectivity index (χ0v) is 13.9. The molecule has 0 saturated heterocycles. The molecule has 1 aromatic heterocycles. The zero-order valence-electron chi connectivity index (χ0n) is 13.0. The number of nitrogens with zero attached hydrogens (tertiary/aromatic N) is 2. The zero-order chi connectivity index (χ0) is 16.4. The lowest BCUT2D eigenvalue weighted by Crippen LogP contribution is -2.33. The molecule has 122 valence electrons. The van der Waals surface area contributed by atoms with Gasteiger partial charge < -0.3 is 5.32 Å². The maximum Gasteiger partial charge on any atom is 0.233 e. The van der Waals surface area contributed by atoms with Gasteiger partial charge in [-0.25, -0.2) is 9.37 Å². The molecular formula is C16H19FN4OS. The van der Waals surface area contributed by atoms with Gasteiger partial charge in [-0.3, -0.25) is 9.89 Å². The molecule has 7 heteroatoms. The second kappa shape index (κ2) is 6.70. The van der Waals surface area contributed by atoms with Crippen molar-refractivity contribution in [1.82, 2.24) is 20.5 Å². The van der Waals surface area contributed by atoms with E-state index in [-0.39, 0.29) is 23.0 Å². The Morgan fingerprint density at radius 1 is 1.35 bits per heavy atom. The molecule has 1 amide bonds. The normalized spacial score (nSPS) is 16.8. The lowest BCUT2D eigenvalue weighted by molar-refractivity contribution is -0.120. The highest BCUT2D eigenvalue weighted by Crippen LogP contribution is 2.38.